The predicted molar refractivity (Wildman–Crippen MR) is 97.2 cm³/mol. The van der Waals surface area contributed by atoms with Crippen LogP contribution in [0.5, 0.6) is 0 Å². The van der Waals surface area contributed by atoms with Crippen LogP contribution in [0.2, 0.25) is 0 Å². The Bertz CT molecular complexity index is 822. The van der Waals surface area contributed by atoms with Gasteiger partial charge in [0.15, 0.2) is 6.61 Å². The first-order valence-electron chi connectivity index (χ1n) is 8.40. The van der Waals surface area contributed by atoms with E-state index < -0.39 is 11.9 Å². The Balaban J connectivity index is 2.38. The maximum atomic E-state index is 12.7. The van der Waals surface area contributed by atoms with Crippen LogP contribution in [0, 0.1) is 12.3 Å². The van der Waals surface area contributed by atoms with Crippen molar-refractivity contribution < 1.29 is 14.3 Å². The van der Waals surface area contributed by atoms with E-state index in [1.165, 1.54) is 0 Å². The molecule has 0 bridgehead atoms. The van der Waals surface area contributed by atoms with Crippen molar-refractivity contribution >= 4 is 22.8 Å². The maximum absolute atomic E-state index is 12.7. The van der Waals surface area contributed by atoms with Gasteiger partial charge in [-0.3, -0.25) is 9.78 Å². The molecule has 0 saturated heterocycles. The van der Waals surface area contributed by atoms with Gasteiger partial charge in [0, 0.05) is 11.1 Å². The molecule has 0 fully saturated rings. The van der Waals surface area contributed by atoms with Crippen molar-refractivity contribution in [2.75, 3.05) is 13.2 Å². The highest BCUT2D eigenvalue weighted by Gasteiger charge is 2.21. The molecule has 0 aliphatic heterocycles. The normalized spacial score (nSPS) is 10.3. The van der Waals surface area contributed by atoms with Crippen LogP contribution in [0.3, 0.4) is 0 Å². The van der Waals surface area contributed by atoms with Crippen molar-refractivity contribution in [3.05, 3.63) is 41.1 Å². The predicted octanol–water partition coefficient (Wildman–Crippen LogP) is 2.66. The molecule has 1 amide bonds. The summed E-state index contributed by atoms with van der Waals surface area (Å²) in [6.45, 7) is 3.81. The van der Waals surface area contributed by atoms with Gasteiger partial charge in [-0.2, -0.15) is 0 Å². The molecule has 1 N–H and O–H groups in total. The number of nitrogens with zero attached hydrogens (tertiary/aromatic N) is 1. The molecule has 1 aromatic heterocycles. The number of pyridine rings is 1. The molecule has 0 aliphatic carbocycles. The van der Waals surface area contributed by atoms with E-state index in [-0.39, 0.29) is 13.2 Å². The molecule has 5 heteroatoms. The van der Waals surface area contributed by atoms with E-state index >= 15 is 0 Å². The first-order chi connectivity index (χ1) is 12.1. The van der Waals surface area contributed by atoms with E-state index in [0.717, 1.165) is 35.0 Å². The third-order valence-corrected chi connectivity index (χ3v) is 3.85. The van der Waals surface area contributed by atoms with Gasteiger partial charge in [0.2, 0.25) is 0 Å². The van der Waals surface area contributed by atoms with Gasteiger partial charge in [0.1, 0.15) is 0 Å². The van der Waals surface area contributed by atoms with E-state index in [4.69, 9.17) is 16.1 Å². The largest absolute Gasteiger partial charge is 0.452 e. The first-order valence-corrected chi connectivity index (χ1v) is 8.40. The molecule has 2 rings (SSSR count). The first kappa shape index (κ1) is 18.5. The molecule has 0 unspecified atom stereocenters. The molecule has 0 aliphatic rings. The fraction of sp³-hybridized carbons (Fsp3) is 0.350. The Kier molecular flexibility index (Phi) is 6.53. The number of fused-ring (bicyclic) bond motifs is 1. The molecule has 25 heavy (non-hydrogen) atoms. The fourth-order valence-corrected chi connectivity index (χ4v) is 2.76. The van der Waals surface area contributed by atoms with Crippen molar-refractivity contribution in [1.82, 2.24) is 10.3 Å². The summed E-state index contributed by atoms with van der Waals surface area (Å²) in [6.07, 6.45) is 7.48. The lowest BCUT2D eigenvalue weighted by Gasteiger charge is -2.15. The quantitative estimate of drug-likeness (QED) is 0.622. The van der Waals surface area contributed by atoms with Gasteiger partial charge in [0.05, 0.1) is 17.6 Å². The number of rotatable bonds is 7. The van der Waals surface area contributed by atoms with Crippen LogP contribution >= 0.6 is 0 Å². The minimum atomic E-state index is -0.510. The molecule has 0 atom stereocenters. The van der Waals surface area contributed by atoms with Crippen molar-refractivity contribution in [1.29, 1.82) is 0 Å². The van der Waals surface area contributed by atoms with E-state index in [9.17, 15) is 9.59 Å². The Morgan fingerprint density at radius 3 is 2.72 bits per heavy atom. The Hall–Kier alpha value is -2.87. The fourth-order valence-electron chi connectivity index (χ4n) is 2.76. The minimum Gasteiger partial charge on any atom is -0.452 e. The number of esters is 1. The highest BCUT2D eigenvalue weighted by atomic mass is 16.5. The SMILES string of the molecule is C#CCNC(=O)COC(=O)c1c(CC)c(CCC)nc2ccccc12. The number of aryl methyl sites for hydroxylation is 1. The molecule has 5 nitrogen and oxygen atoms in total. The Labute approximate surface area is 147 Å². The van der Waals surface area contributed by atoms with Gasteiger partial charge >= 0.3 is 5.97 Å². The number of aromatic nitrogens is 1. The van der Waals surface area contributed by atoms with Crippen LogP contribution in [-0.2, 0) is 22.4 Å². The minimum absolute atomic E-state index is 0.107. The van der Waals surface area contributed by atoms with Crippen LogP contribution in [0.1, 0.15) is 41.9 Å². The number of para-hydroxylation sites is 1. The van der Waals surface area contributed by atoms with Crippen molar-refractivity contribution in [3.63, 3.8) is 0 Å². The average Bonchev–Trinajstić information content (AvgIpc) is 2.63. The number of nitrogens with one attached hydrogen (secondary N) is 1. The highest BCUT2D eigenvalue weighted by molar-refractivity contribution is 6.05. The molecule has 1 heterocycles. The number of carbonyl (C=O) groups excluding carboxylic acids is 2. The average molecular weight is 338 g/mol. The number of benzene rings is 1. The zero-order valence-corrected chi connectivity index (χ0v) is 14.6. The highest BCUT2D eigenvalue weighted by Crippen LogP contribution is 2.26. The van der Waals surface area contributed by atoms with Crippen molar-refractivity contribution in [2.24, 2.45) is 0 Å². The lowest BCUT2D eigenvalue weighted by atomic mass is 9.96. The van der Waals surface area contributed by atoms with E-state index in [1.54, 1.807) is 0 Å². The van der Waals surface area contributed by atoms with E-state index in [1.807, 2.05) is 31.2 Å². The Morgan fingerprint density at radius 1 is 1.28 bits per heavy atom. The standard InChI is InChI=1S/C20H22N2O3/c1-4-9-16-14(6-3)19(15-10-7-8-11-17(15)22-16)20(24)25-13-18(23)21-12-5-2/h2,7-8,10-11H,4,6,9,12-13H2,1,3H3,(H,21,23). The summed E-state index contributed by atoms with van der Waals surface area (Å²) < 4.78 is 5.22. The molecule has 1 aromatic carbocycles. The van der Waals surface area contributed by atoms with Crippen LogP contribution in [-0.4, -0.2) is 30.0 Å². The second kappa shape index (κ2) is 8.84. The molecule has 0 saturated carbocycles. The molecule has 130 valence electrons. The Morgan fingerprint density at radius 2 is 2.04 bits per heavy atom. The number of ether oxygens (including phenoxy) is 1. The number of hydrogen-bond acceptors (Lipinski definition) is 4. The lowest BCUT2D eigenvalue weighted by molar-refractivity contribution is -0.123. The summed E-state index contributed by atoms with van der Waals surface area (Å²) >= 11 is 0. The number of hydrogen-bond donors (Lipinski definition) is 1. The summed E-state index contributed by atoms with van der Waals surface area (Å²) in [4.78, 5) is 29.0. The van der Waals surface area contributed by atoms with Gasteiger partial charge in [-0.05, 0) is 24.5 Å². The van der Waals surface area contributed by atoms with Crippen LogP contribution in [0.4, 0.5) is 0 Å². The van der Waals surface area contributed by atoms with E-state index in [0.29, 0.717) is 12.0 Å². The zero-order chi connectivity index (χ0) is 18.2. The topological polar surface area (TPSA) is 68.3 Å². The van der Waals surface area contributed by atoms with E-state index in [2.05, 4.69) is 18.2 Å². The van der Waals surface area contributed by atoms with Crippen LogP contribution in [0.25, 0.3) is 10.9 Å². The van der Waals surface area contributed by atoms with Gasteiger partial charge in [-0.15, -0.1) is 6.42 Å². The molecule has 0 spiro atoms. The summed E-state index contributed by atoms with van der Waals surface area (Å²) in [5.74, 6) is 1.37. The lowest BCUT2D eigenvalue weighted by Crippen LogP contribution is -2.29. The van der Waals surface area contributed by atoms with Gasteiger partial charge in [0.25, 0.3) is 5.91 Å². The van der Waals surface area contributed by atoms with Crippen molar-refractivity contribution in [3.8, 4) is 12.3 Å². The van der Waals surface area contributed by atoms with Crippen LogP contribution in [0.15, 0.2) is 24.3 Å². The second-order valence-electron chi connectivity index (χ2n) is 5.59. The smallest absolute Gasteiger partial charge is 0.339 e. The van der Waals surface area contributed by atoms with Crippen molar-refractivity contribution in [2.45, 2.75) is 33.1 Å². The number of amides is 1. The molecule has 0 radical (unpaired) electrons. The van der Waals surface area contributed by atoms with Gasteiger partial charge in [-0.1, -0.05) is 44.4 Å². The second-order valence-corrected chi connectivity index (χ2v) is 5.59. The molecule has 2 aromatic rings. The third-order valence-electron chi connectivity index (χ3n) is 3.85. The summed E-state index contributed by atoms with van der Waals surface area (Å²) in [5.41, 5.74) is 3.05. The molecular formula is C20H22N2O3. The van der Waals surface area contributed by atoms with Gasteiger partial charge in [-0.25, -0.2) is 4.79 Å². The monoisotopic (exact) mass is 338 g/mol. The van der Waals surface area contributed by atoms with Crippen LogP contribution < -0.4 is 5.32 Å². The molecular weight excluding hydrogens is 316 g/mol. The third kappa shape index (κ3) is 4.36. The zero-order valence-electron chi connectivity index (χ0n) is 14.6. The maximum Gasteiger partial charge on any atom is 0.339 e. The summed E-state index contributed by atoms with van der Waals surface area (Å²) in [6, 6.07) is 7.48. The number of carbonyl (C=O) groups is 2. The summed E-state index contributed by atoms with van der Waals surface area (Å²) in [7, 11) is 0. The van der Waals surface area contributed by atoms with Gasteiger partial charge < -0.3 is 10.1 Å². The summed E-state index contributed by atoms with van der Waals surface area (Å²) in [5, 5.41) is 3.22. The number of terminal acetylenes is 1.